The Balaban J connectivity index is 2.51. The lowest BCUT2D eigenvalue weighted by molar-refractivity contribution is -0.0177. The zero-order chi connectivity index (χ0) is 15.2. The van der Waals surface area contributed by atoms with Gasteiger partial charge in [0.25, 0.3) is 0 Å². The van der Waals surface area contributed by atoms with Gasteiger partial charge in [-0.15, -0.1) is 0 Å². The second-order valence-corrected chi connectivity index (χ2v) is 7.90. The maximum absolute atomic E-state index is 4.29. The van der Waals surface area contributed by atoms with Crippen LogP contribution >= 0.6 is 12.6 Å². The molecule has 3 heteroatoms. The highest BCUT2D eigenvalue weighted by atomic mass is 32.1. The summed E-state index contributed by atoms with van der Waals surface area (Å²) < 4.78 is 0. The standard InChI is InChI=1S/C17H36N2S/c1-15(11-8-6-7-9-14-20)19(17(2,3)4)16-12-10-13-18(16)5/h15-16,20H,6-14H2,1-5H3. The summed E-state index contributed by atoms with van der Waals surface area (Å²) in [6, 6.07) is 0.677. The van der Waals surface area contributed by atoms with Gasteiger partial charge in [0.2, 0.25) is 0 Å². The molecule has 1 aliphatic rings. The van der Waals surface area contributed by atoms with Gasteiger partial charge in [0.15, 0.2) is 0 Å². The van der Waals surface area contributed by atoms with Crippen LogP contribution in [0.4, 0.5) is 0 Å². The van der Waals surface area contributed by atoms with Crippen molar-refractivity contribution in [2.75, 3.05) is 19.3 Å². The third kappa shape index (κ3) is 5.57. The third-order valence-corrected chi connectivity index (χ3v) is 4.90. The molecule has 1 aliphatic heterocycles. The lowest BCUT2D eigenvalue weighted by Crippen LogP contribution is -2.56. The Hall–Kier alpha value is 0.270. The molecule has 0 N–H and O–H groups in total. The first-order valence-electron chi connectivity index (χ1n) is 8.47. The van der Waals surface area contributed by atoms with Gasteiger partial charge >= 0.3 is 0 Å². The van der Waals surface area contributed by atoms with Crippen LogP contribution in [0.25, 0.3) is 0 Å². The van der Waals surface area contributed by atoms with Crippen molar-refractivity contribution in [3.05, 3.63) is 0 Å². The van der Waals surface area contributed by atoms with Crippen LogP contribution in [0.5, 0.6) is 0 Å². The molecule has 0 amide bonds. The molecule has 0 spiro atoms. The number of thiol groups is 1. The quantitative estimate of drug-likeness (QED) is 0.524. The minimum absolute atomic E-state index is 0.258. The Bertz CT molecular complexity index is 262. The zero-order valence-electron chi connectivity index (χ0n) is 14.4. The maximum atomic E-state index is 4.29. The minimum Gasteiger partial charge on any atom is -0.291 e. The summed E-state index contributed by atoms with van der Waals surface area (Å²) in [6.45, 7) is 10.8. The van der Waals surface area contributed by atoms with Gasteiger partial charge in [0.1, 0.15) is 0 Å². The lowest BCUT2D eigenvalue weighted by atomic mass is 9.98. The van der Waals surface area contributed by atoms with Gasteiger partial charge in [-0.3, -0.25) is 9.80 Å². The fourth-order valence-corrected chi connectivity index (χ4v) is 3.91. The Labute approximate surface area is 132 Å². The van der Waals surface area contributed by atoms with E-state index in [0.717, 1.165) is 5.75 Å². The summed E-state index contributed by atoms with van der Waals surface area (Å²) in [4.78, 5) is 5.31. The monoisotopic (exact) mass is 300 g/mol. The van der Waals surface area contributed by atoms with E-state index < -0.39 is 0 Å². The molecule has 0 aromatic carbocycles. The highest BCUT2D eigenvalue weighted by molar-refractivity contribution is 7.80. The minimum atomic E-state index is 0.258. The van der Waals surface area contributed by atoms with Crippen LogP contribution < -0.4 is 0 Å². The normalized spacial score (nSPS) is 22.6. The van der Waals surface area contributed by atoms with E-state index in [0.29, 0.717) is 12.2 Å². The van der Waals surface area contributed by atoms with Crippen molar-refractivity contribution in [2.45, 2.75) is 90.4 Å². The van der Waals surface area contributed by atoms with Gasteiger partial charge in [0.05, 0.1) is 6.17 Å². The topological polar surface area (TPSA) is 6.48 Å². The molecule has 2 unspecified atom stereocenters. The van der Waals surface area contributed by atoms with E-state index in [1.54, 1.807) is 0 Å². The molecule has 2 nitrogen and oxygen atoms in total. The molecule has 0 bridgehead atoms. The van der Waals surface area contributed by atoms with E-state index >= 15 is 0 Å². The SMILES string of the molecule is CC(CCCCCCS)N(C1CCCN1C)C(C)(C)C. The van der Waals surface area contributed by atoms with Crippen molar-refractivity contribution < 1.29 is 0 Å². The van der Waals surface area contributed by atoms with Gasteiger partial charge in [-0.1, -0.05) is 19.3 Å². The third-order valence-electron chi connectivity index (χ3n) is 4.58. The molecule has 0 saturated carbocycles. The van der Waals surface area contributed by atoms with Crippen LogP contribution in [0.15, 0.2) is 0 Å². The number of hydrogen-bond donors (Lipinski definition) is 1. The number of unbranched alkanes of at least 4 members (excludes halogenated alkanes) is 3. The van der Waals surface area contributed by atoms with Crippen molar-refractivity contribution in [1.82, 2.24) is 9.80 Å². The Morgan fingerprint density at radius 1 is 1.20 bits per heavy atom. The Morgan fingerprint density at radius 2 is 1.85 bits per heavy atom. The number of hydrogen-bond acceptors (Lipinski definition) is 3. The molecular formula is C17H36N2S. The van der Waals surface area contributed by atoms with Crippen LogP contribution in [0.3, 0.4) is 0 Å². The van der Waals surface area contributed by atoms with E-state index in [9.17, 15) is 0 Å². The summed E-state index contributed by atoms with van der Waals surface area (Å²) in [6.07, 6.45) is 9.99. The summed E-state index contributed by atoms with van der Waals surface area (Å²) >= 11 is 4.29. The van der Waals surface area contributed by atoms with Crippen molar-refractivity contribution >= 4 is 12.6 Å². The van der Waals surface area contributed by atoms with Crippen molar-refractivity contribution in [3.63, 3.8) is 0 Å². The van der Waals surface area contributed by atoms with Gasteiger partial charge < -0.3 is 0 Å². The van der Waals surface area contributed by atoms with Crippen LogP contribution in [-0.2, 0) is 0 Å². The van der Waals surface area contributed by atoms with E-state index in [1.165, 1.54) is 51.5 Å². The Kier molecular flexibility index (Phi) is 7.92. The number of nitrogens with zero attached hydrogens (tertiary/aromatic N) is 2. The lowest BCUT2D eigenvalue weighted by Gasteiger charge is -2.46. The van der Waals surface area contributed by atoms with Gasteiger partial charge in [-0.2, -0.15) is 12.6 Å². The van der Waals surface area contributed by atoms with E-state index in [-0.39, 0.29) is 5.54 Å². The van der Waals surface area contributed by atoms with Crippen molar-refractivity contribution in [1.29, 1.82) is 0 Å². The molecule has 0 aromatic rings. The Morgan fingerprint density at radius 3 is 2.35 bits per heavy atom. The van der Waals surface area contributed by atoms with E-state index in [1.807, 2.05) is 0 Å². The first-order valence-corrected chi connectivity index (χ1v) is 9.10. The first-order chi connectivity index (χ1) is 9.38. The molecule has 0 radical (unpaired) electrons. The molecule has 120 valence electrons. The summed E-state index contributed by atoms with van der Waals surface area (Å²) in [5.41, 5.74) is 0.258. The fourth-order valence-electron chi connectivity index (χ4n) is 3.69. The van der Waals surface area contributed by atoms with E-state index in [2.05, 4.69) is 57.2 Å². The molecule has 0 aromatic heterocycles. The largest absolute Gasteiger partial charge is 0.291 e. The molecule has 1 rings (SSSR count). The smallest absolute Gasteiger partial charge is 0.0627 e. The average molecular weight is 301 g/mol. The average Bonchev–Trinajstić information content (AvgIpc) is 2.74. The van der Waals surface area contributed by atoms with Crippen LogP contribution in [0.1, 0.15) is 72.6 Å². The molecule has 1 saturated heterocycles. The molecule has 1 fully saturated rings. The number of likely N-dealkylation sites (tertiary alicyclic amines) is 1. The first kappa shape index (κ1) is 18.3. The highest BCUT2D eigenvalue weighted by Gasteiger charge is 2.36. The van der Waals surface area contributed by atoms with Gasteiger partial charge in [-0.25, -0.2) is 0 Å². The predicted octanol–water partition coefficient (Wildman–Crippen LogP) is 4.41. The summed E-state index contributed by atoms with van der Waals surface area (Å²) in [5.74, 6) is 1.04. The second kappa shape index (κ2) is 8.65. The zero-order valence-corrected chi connectivity index (χ0v) is 15.3. The van der Waals surface area contributed by atoms with Gasteiger partial charge in [-0.05, 0) is 72.7 Å². The van der Waals surface area contributed by atoms with Gasteiger partial charge in [0, 0.05) is 11.6 Å². The molecule has 1 heterocycles. The van der Waals surface area contributed by atoms with Crippen molar-refractivity contribution in [2.24, 2.45) is 0 Å². The molecule has 2 atom stereocenters. The maximum Gasteiger partial charge on any atom is 0.0627 e. The fraction of sp³-hybridized carbons (Fsp3) is 1.00. The van der Waals surface area contributed by atoms with Crippen LogP contribution in [0, 0.1) is 0 Å². The summed E-state index contributed by atoms with van der Waals surface area (Å²) in [5, 5.41) is 0. The molecule has 20 heavy (non-hydrogen) atoms. The predicted molar refractivity (Wildman–Crippen MR) is 93.6 cm³/mol. The molecule has 0 aliphatic carbocycles. The molecular weight excluding hydrogens is 264 g/mol. The van der Waals surface area contributed by atoms with E-state index in [4.69, 9.17) is 0 Å². The highest BCUT2D eigenvalue weighted by Crippen LogP contribution is 2.30. The van der Waals surface area contributed by atoms with Crippen molar-refractivity contribution in [3.8, 4) is 0 Å². The number of rotatable bonds is 8. The summed E-state index contributed by atoms with van der Waals surface area (Å²) in [7, 11) is 2.29. The van der Waals surface area contributed by atoms with Crippen LogP contribution in [-0.4, -0.2) is 46.9 Å². The van der Waals surface area contributed by atoms with Crippen LogP contribution in [0.2, 0.25) is 0 Å². The second-order valence-electron chi connectivity index (χ2n) is 7.46.